The number of hydrogen-bond donors (Lipinski definition) is 2. The third-order valence-corrected chi connectivity index (χ3v) is 4.46. The van der Waals surface area contributed by atoms with Crippen LogP contribution in [0.15, 0.2) is 53.1 Å². The molecule has 0 bridgehead atoms. The molecule has 0 radical (unpaired) electrons. The number of hydrazine groups is 1. The molecule has 1 heterocycles. The minimum Gasteiger partial charge on any atom is -0.360 e. The van der Waals surface area contributed by atoms with Crippen molar-refractivity contribution in [2.75, 3.05) is 0 Å². The molecule has 0 fully saturated rings. The maximum atomic E-state index is 12.6. The van der Waals surface area contributed by atoms with E-state index in [1.807, 2.05) is 19.1 Å². The van der Waals surface area contributed by atoms with E-state index in [1.165, 1.54) is 0 Å². The first-order valence-electron chi connectivity index (χ1n) is 8.42. The summed E-state index contributed by atoms with van der Waals surface area (Å²) in [4.78, 5) is 24.8. The minimum atomic E-state index is -0.540. The average Bonchev–Trinajstić information content (AvgIpc) is 3.07. The summed E-state index contributed by atoms with van der Waals surface area (Å²) in [6.45, 7) is 3.65. The minimum absolute atomic E-state index is 0.213. The molecule has 0 saturated heterocycles. The first-order chi connectivity index (χ1) is 13.0. The Kier molecular flexibility index (Phi) is 5.57. The molecule has 0 aliphatic heterocycles. The van der Waals surface area contributed by atoms with Gasteiger partial charge in [-0.25, -0.2) is 0 Å². The Morgan fingerprint density at radius 3 is 2.37 bits per heavy atom. The zero-order valence-electron chi connectivity index (χ0n) is 14.9. The lowest BCUT2D eigenvalue weighted by molar-refractivity contribution is 0.0846. The molecule has 3 rings (SSSR count). The van der Waals surface area contributed by atoms with Gasteiger partial charge in [-0.2, -0.15) is 0 Å². The second-order valence-electron chi connectivity index (χ2n) is 5.90. The largest absolute Gasteiger partial charge is 0.360 e. The van der Waals surface area contributed by atoms with Crippen molar-refractivity contribution in [3.8, 4) is 11.3 Å². The molecule has 6 nitrogen and oxygen atoms in total. The highest BCUT2D eigenvalue weighted by molar-refractivity contribution is 6.33. The zero-order chi connectivity index (χ0) is 19.4. The highest BCUT2D eigenvalue weighted by Gasteiger charge is 2.23. The summed E-state index contributed by atoms with van der Waals surface area (Å²) in [7, 11) is 0. The van der Waals surface area contributed by atoms with E-state index in [1.54, 1.807) is 43.3 Å². The van der Waals surface area contributed by atoms with Crippen LogP contribution in [-0.4, -0.2) is 17.0 Å². The monoisotopic (exact) mass is 383 g/mol. The number of rotatable bonds is 4. The van der Waals surface area contributed by atoms with Gasteiger partial charge in [0, 0.05) is 11.1 Å². The van der Waals surface area contributed by atoms with Crippen molar-refractivity contribution in [3.05, 3.63) is 76.0 Å². The van der Waals surface area contributed by atoms with E-state index in [0.29, 0.717) is 27.6 Å². The summed E-state index contributed by atoms with van der Waals surface area (Å²) in [5.74, 6) is -0.634. The first kappa shape index (κ1) is 18.7. The van der Waals surface area contributed by atoms with Crippen LogP contribution in [0.2, 0.25) is 5.02 Å². The van der Waals surface area contributed by atoms with E-state index >= 15 is 0 Å². The van der Waals surface area contributed by atoms with Crippen molar-refractivity contribution in [1.29, 1.82) is 0 Å². The van der Waals surface area contributed by atoms with Gasteiger partial charge in [0.2, 0.25) is 0 Å². The molecule has 0 aliphatic carbocycles. The van der Waals surface area contributed by atoms with E-state index in [0.717, 1.165) is 12.0 Å². The van der Waals surface area contributed by atoms with Crippen LogP contribution in [0.1, 0.15) is 39.0 Å². The van der Waals surface area contributed by atoms with Crippen molar-refractivity contribution >= 4 is 23.4 Å². The number of carbonyl (C=O) groups excluding carboxylic acids is 2. The predicted octanol–water partition coefficient (Wildman–Crippen LogP) is 3.94. The number of carbonyl (C=O) groups is 2. The third kappa shape index (κ3) is 4.01. The molecule has 138 valence electrons. The number of nitrogens with zero attached hydrogens (tertiary/aromatic N) is 1. The normalized spacial score (nSPS) is 10.5. The summed E-state index contributed by atoms with van der Waals surface area (Å²) in [5, 5.41) is 4.38. The molecule has 0 spiro atoms. The van der Waals surface area contributed by atoms with Crippen molar-refractivity contribution in [2.45, 2.75) is 20.3 Å². The SMILES string of the molecule is CCc1ccc(C(=O)NNC(=O)c2c(-c3ccccc3Cl)noc2C)cc1. The van der Waals surface area contributed by atoms with E-state index < -0.39 is 11.8 Å². The maximum absolute atomic E-state index is 12.6. The maximum Gasteiger partial charge on any atom is 0.275 e. The van der Waals surface area contributed by atoms with Crippen molar-refractivity contribution in [2.24, 2.45) is 0 Å². The lowest BCUT2D eigenvalue weighted by Crippen LogP contribution is -2.41. The Balaban J connectivity index is 1.76. The molecule has 2 amide bonds. The Morgan fingerprint density at radius 1 is 1.04 bits per heavy atom. The van der Waals surface area contributed by atoms with Gasteiger partial charge in [-0.3, -0.25) is 20.4 Å². The van der Waals surface area contributed by atoms with Crippen LogP contribution < -0.4 is 10.9 Å². The first-order valence-corrected chi connectivity index (χ1v) is 8.79. The molecule has 0 atom stereocenters. The fraction of sp³-hybridized carbons (Fsp3) is 0.150. The lowest BCUT2D eigenvalue weighted by atomic mass is 10.1. The summed E-state index contributed by atoms with van der Waals surface area (Å²) < 4.78 is 5.16. The van der Waals surface area contributed by atoms with Crippen LogP contribution in [0.3, 0.4) is 0 Å². The molecule has 1 aromatic heterocycles. The average molecular weight is 384 g/mol. The third-order valence-electron chi connectivity index (χ3n) is 4.13. The molecule has 2 aromatic carbocycles. The highest BCUT2D eigenvalue weighted by Crippen LogP contribution is 2.30. The van der Waals surface area contributed by atoms with Crippen LogP contribution >= 0.6 is 11.6 Å². The van der Waals surface area contributed by atoms with E-state index in [-0.39, 0.29) is 5.56 Å². The summed E-state index contributed by atoms with van der Waals surface area (Å²) in [6, 6.07) is 14.2. The van der Waals surface area contributed by atoms with Crippen LogP contribution in [0.5, 0.6) is 0 Å². The van der Waals surface area contributed by atoms with E-state index in [2.05, 4.69) is 16.0 Å². The van der Waals surface area contributed by atoms with Crippen LogP contribution in [0.25, 0.3) is 11.3 Å². The molecule has 2 N–H and O–H groups in total. The van der Waals surface area contributed by atoms with E-state index in [9.17, 15) is 9.59 Å². The zero-order valence-corrected chi connectivity index (χ0v) is 15.6. The lowest BCUT2D eigenvalue weighted by Gasteiger charge is -2.08. The number of benzene rings is 2. The molecule has 0 unspecified atom stereocenters. The molecular formula is C20H18ClN3O3. The van der Waals surface area contributed by atoms with Gasteiger partial charge in [-0.1, -0.05) is 54.0 Å². The van der Waals surface area contributed by atoms with Crippen molar-refractivity contribution < 1.29 is 14.1 Å². The Bertz CT molecular complexity index is 980. The smallest absolute Gasteiger partial charge is 0.275 e. The van der Waals surface area contributed by atoms with Gasteiger partial charge in [0.25, 0.3) is 11.8 Å². The summed E-state index contributed by atoms with van der Waals surface area (Å²) >= 11 is 6.19. The topological polar surface area (TPSA) is 84.2 Å². The van der Waals surface area contributed by atoms with Crippen LogP contribution in [0, 0.1) is 6.92 Å². The van der Waals surface area contributed by atoms with Crippen molar-refractivity contribution in [1.82, 2.24) is 16.0 Å². The van der Waals surface area contributed by atoms with Gasteiger partial charge in [-0.05, 0) is 37.1 Å². The van der Waals surface area contributed by atoms with Gasteiger partial charge in [-0.15, -0.1) is 0 Å². The molecule has 0 saturated carbocycles. The quantitative estimate of drug-likeness (QED) is 0.668. The second-order valence-corrected chi connectivity index (χ2v) is 6.31. The number of hydrogen-bond acceptors (Lipinski definition) is 4. The second kappa shape index (κ2) is 8.05. The van der Waals surface area contributed by atoms with Gasteiger partial charge >= 0.3 is 0 Å². The van der Waals surface area contributed by atoms with Gasteiger partial charge in [0.15, 0.2) is 0 Å². The van der Waals surface area contributed by atoms with Gasteiger partial charge in [0.1, 0.15) is 17.0 Å². The number of aryl methyl sites for hydroxylation is 2. The summed E-state index contributed by atoms with van der Waals surface area (Å²) in [5.41, 5.74) is 7.48. The van der Waals surface area contributed by atoms with Crippen LogP contribution in [-0.2, 0) is 6.42 Å². The summed E-state index contributed by atoms with van der Waals surface area (Å²) in [6.07, 6.45) is 0.885. The molecule has 27 heavy (non-hydrogen) atoms. The number of halogens is 1. The molecule has 0 aliphatic rings. The Labute approximate surface area is 161 Å². The standard InChI is InChI=1S/C20H18ClN3O3/c1-3-13-8-10-14(11-9-13)19(25)22-23-20(26)17-12(2)27-24-18(17)15-6-4-5-7-16(15)21/h4-11H,3H2,1-2H3,(H,22,25)(H,23,26). The number of nitrogens with one attached hydrogen (secondary N) is 2. The fourth-order valence-electron chi connectivity index (χ4n) is 2.62. The Morgan fingerprint density at radius 2 is 1.70 bits per heavy atom. The fourth-order valence-corrected chi connectivity index (χ4v) is 2.84. The number of aromatic nitrogens is 1. The molecule has 3 aromatic rings. The van der Waals surface area contributed by atoms with Crippen LogP contribution in [0.4, 0.5) is 0 Å². The highest BCUT2D eigenvalue weighted by atomic mass is 35.5. The molecular weight excluding hydrogens is 366 g/mol. The number of amides is 2. The van der Waals surface area contributed by atoms with Gasteiger partial charge in [0.05, 0.1) is 5.02 Å². The van der Waals surface area contributed by atoms with Crippen molar-refractivity contribution in [3.63, 3.8) is 0 Å². The van der Waals surface area contributed by atoms with Gasteiger partial charge < -0.3 is 4.52 Å². The molecule has 7 heteroatoms. The Hall–Kier alpha value is -3.12. The van der Waals surface area contributed by atoms with E-state index in [4.69, 9.17) is 16.1 Å². The predicted molar refractivity (Wildman–Crippen MR) is 102 cm³/mol.